The summed E-state index contributed by atoms with van der Waals surface area (Å²) in [6, 6.07) is 13.2. The Balaban J connectivity index is 2.22. The average Bonchev–Trinajstić information content (AvgIpc) is 2.88. The lowest BCUT2D eigenvalue weighted by atomic mass is 9.67. The Morgan fingerprint density at radius 2 is 1.40 bits per heavy atom. The molecule has 0 aliphatic heterocycles. The maximum atomic E-state index is 14.2. The van der Waals surface area contributed by atoms with Crippen LogP contribution in [0.5, 0.6) is 11.5 Å². The van der Waals surface area contributed by atoms with Crippen LogP contribution < -0.4 is 9.47 Å². The molecule has 3 aromatic rings. The maximum Gasteiger partial charge on any atom is 0.204 e. The van der Waals surface area contributed by atoms with E-state index in [0.717, 1.165) is 23.6 Å². The molecule has 5 heteroatoms. The zero-order valence-electron chi connectivity index (χ0n) is 20.7. The van der Waals surface area contributed by atoms with Crippen molar-refractivity contribution in [3.05, 3.63) is 83.2 Å². The van der Waals surface area contributed by atoms with Crippen LogP contribution in [0.1, 0.15) is 56.2 Å². The van der Waals surface area contributed by atoms with Gasteiger partial charge in [-0.15, -0.1) is 0 Å². The van der Waals surface area contributed by atoms with Crippen molar-refractivity contribution in [3.63, 3.8) is 0 Å². The molecule has 4 nitrogen and oxygen atoms in total. The van der Waals surface area contributed by atoms with Gasteiger partial charge in [-0.05, 0) is 30.5 Å². The van der Waals surface area contributed by atoms with Gasteiger partial charge in [-0.25, -0.2) is 4.39 Å². The molecule has 1 aliphatic rings. The van der Waals surface area contributed by atoms with Crippen LogP contribution in [0.3, 0.4) is 0 Å². The number of unbranched alkanes of at least 4 members (excludes halogenated alkanes) is 2. The molecule has 0 amide bonds. The number of rotatable bonds is 7. The van der Waals surface area contributed by atoms with Crippen LogP contribution in [-0.2, 0) is 10.4 Å². The van der Waals surface area contributed by atoms with Gasteiger partial charge in [-0.2, -0.15) is 0 Å². The number of hydrogen-bond acceptors (Lipinski definition) is 4. The topological polar surface area (TPSA) is 55.8 Å². The highest BCUT2D eigenvalue weighted by molar-refractivity contribution is 6.34. The smallest absolute Gasteiger partial charge is 0.204 e. The number of ether oxygens (including phenoxy) is 2. The molecule has 0 fully saturated rings. The standard InChI is InChI=1S/C30H31FO4/c1-5-7-11-23-25-26(28(35-4)22-13-10-9-12-21(22)27(25)34-3)24(14-8-6-2)30(33,29(23)32)19-15-17-20(31)18-16-19/h9-18,33H,5-8H2,1-4H3/b23-11-,24-14+. The molecule has 0 spiro atoms. The third kappa shape index (κ3) is 3.94. The largest absolute Gasteiger partial charge is 0.495 e. The van der Waals surface area contributed by atoms with Gasteiger partial charge in [0, 0.05) is 33.0 Å². The highest BCUT2D eigenvalue weighted by Gasteiger charge is 2.50. The molecular formula is C30H31FO4. The Morgan fingerprint density at radius 1 is 0.857 bits per heavy atom. The second-order valence-corrected chi connectivity index (χ2v) is 8.72. The fourth-order valence-electron chi connectivity index (χ4n) is 4.92. The lowest BCUT2D eigenvalue weighted by Crippen LogP contribution is -2.41. The molecule has 1 atom stereocenters. The Morgan fingerprint density at radius 3 is 1.94 bits per heavy atom. The van der Waals surface area contributed by atoms with Crippen molar-refractivity contribution in [2.45, 2.75) is 45.1 Å². The van der Waals surface area contributed by atoms with E-state index in [1.807, 2.05) is 50.3 Å². The molecule has 0 aromatic heterocycles. The molecule has 3 aromatic carbocycles. The number of allylic oxidation sites excluding steroid dienone is 2. The van der Waals surface area contributed by atoms with E-state index in [1.165, 1.54) is 24.3 Å². The molecule has 0 heterocycles. The molecule has 4 rings (SSSR count). The Bertz CT molecular complexity index is 1320. The fraction of sp³-hybridized carbons (Fsp3) is 0.300. The summed E-state index contributed by atoms with van der Waals surface area (Å²) in [7, 11) is 3.18. The number of Topliss-reactive ketones (excluding diaryl/α,β-unsaturated/α-hetero) is 1. The van der Waals surface area contributed by atoms with E-state index in [0.29, 0.717) is 52.2 Å². The van der Waals surface area contributed by atoms with Crippen LogP contribution in [0.15, 0.2) is 60.7 Å². The first-order valence-corrected chi connectivity index (χ1v) is 12.0. The van der Waals surface area contributed by atoms with Crippen molar-refractivity contribution >= 4 is 27.7 Å². The molecule has 0 bridgehead atoms. The summed E-state index contributed by atoms with van der Waals surface area (Å²) in [6.07, 6.45) is 6.69. The summed E-state index contributed by atoms with van der Waals surface area (Å²) < 4.78 is 25.7. The van der Waals surface area contributed by atoms with E-state index >= 15 is 0 Å². The van der Waals surface area contributed by atoms with Gasteiger partial charge < -0.3 is 14.6 Å². The maximum absolute atomic E-state index is 14.2. The van der Waals surface area contributed by atoms with Gasteiger partial charge >= 0.3 is 0 Å². The van der Waals surface area contributed by atoms with Gasteiger partial charge in [0.25, 0.3) is 0 Å². The van der Waals surface area contributed by atoms with Gasteiger partial charge in [0.05, 0.1) is 14.2 Å². The molecule has 182 valence electrons. The average molecular weight is 475 g/mol. The van der Waals surface area contributed by atoms with E-state index in [1.54, 1.807) is 14.2 Å². The van der Waals surface area contributed by atoms with E-state index in [-0.39, 0.29) is 0 Å². The van der Waals surface area contributed by atoms with E-state index in [4.69, 9.17) is 9.47 Å². The predicted molar refractivity (Wildman–Crippen MR) is 138 cm³/mol. The number of ketones is 1. The van der Waals surface area contributed by atoms with E-state index in [2.05, 4.69) is 0 Å². The summed E-state index contributed by atoms with van der Waals surface area (Å²) >= 11 is 0. The lowest BCUT2D eigenvalue weighted by Gasteiger charge is -2.38. The highest BCUT2D eigenvalue weighted by atomic mass is 19.1. The first-order chi connectivity index (χ1) is 16.9. The number of aliphatic hydroxyl groups is 1. The minimum atomic E-state index is -2.00. The van der Waals surface area contributed by atoms with Crippen LogP contribution in [0.25, 0.3) is 21.9 Å². The number of carbonyl (C=O) groups excluding carboxylic acids is 1. The van der Waals surface area contributed by atoms with Gasteiger partial charge in [-0.3, -0.25) is 4.79 Å². The van der Waals surface area contributed by atoms with E-state index in [9.17, 15) is 14.3 Å². The van der Waals surface area contributed by atoms with Crippen molar-refractivity contribution in [2.24, 2.45) is 0 Å². The number of fused-ring (bicyclic) bond motifs is 2. The van der Waals surface area contributed by atoms with Crippen LogP contribution in [-0.4, -0.2) is 25.1 Å². The molecule has 0 radical (unpaired) electrons. The van der Waals surface area contributed by atoms with Crippen molar-refractivity contribution in [3.8, 4) is 11.5 Å². The predicted octanol–water partition coefficient (Wildman–Crippen LogP) is 6.83. The van der Waals surface area contributed by atoms with Crippen molar-refractivity contribution in [1.82, 2.24) is 0 Å². The second kappa shape index (κ2) is 10.0. The quantitative estimate of drug-likeness (QED) is 0.381. The number of carbonyl (C=O) groups is 1. The Hall–Kier alpha value is -3.44. The highest BCUT2D eigenvalue weighted by Crippen LogP contribution is 2.56. The Labute approximate surface area is 205 Å². The van der Waals surface area contributed by atoms with Crippen LogP contribution in [0.4, 0.5) is 4.39 Å². The number of benzene rings is 3. The first-order valence-electron chi connectivity index (χ1n) is 12.0. The Kier molecular flexibility index (Phi) is 7.08. The van der Waals surface area contributed by atoms with Crippen LogP contribution in [0, 0.1) is 5.82 Å². The summed E-state index contributed by atoms with van der Waals surface area (Å²) in [5.41, 5.74) is 0.369. The third-order valence-electron chi connectivity index (χ3n) is 6.57. The SMILES string of the molecule is CCC/C=C1\C(=O)C(O)(c2ccc(F)cc2)/C(=C/CCC)c2c1c(OC)c1ccccc1c2OC. The molecule has 35 heavy (non-hydrogen) atoms. The summed E-state index contributed by atoms with van der Waals surface area (Å²) in [4.78, 5) is 14.2. The van der Waals surface area contributed by atoms with Crippen molar-refractivity contribution < 1.29 is 23.8 Å². The molecule has 0 saturated heterocycles. The normalized spacial score (nSPS) is 19.9. The van der Waals surface area contributed by atoms with Crippen LogP contribution in [0.2, 0.25) is 0 Å². The first kappa shape index (κ1) is 24.7. The minimum Gasteiger partial charge on any atom is -0.495 e. The number of methoxy groups -OCH3 is 2. The monoisotopic (exact) mass is 474 g/mol. The van der Waals surface area contributed by atoms with Crippen molar-refractivity contribution in [1.29, 1.82) is 0 Å². The summed E-state index contributed by atoms with van der Waals surface area (Å²) in [5.74, 6) is 0.236. The fourth-order valence-corrected chi connectivity index (χ4v) is 4.92. The molecule has 1 unspecified atom stereocenters. The zero-order chi connectivity index (χ0) is 25.2. The lowest BCUT2D eigenvalue weighted by molar-refractivity contribution is -0.126. The molecular weight excluding hydrogens is 443 g/mol. The third-order valence-corrected chi connectivity index (χ3v) is 6.57. The molecule has 1 N–H and O–H groups in total. The van der Waals surface area contributed by atoms with Crippen molar-refractivity contribution in [2.75, 3.05) is 14.2 Å². The molecule has 1 aliphatic carbocycles. The summed E-state index contributed by atoms with van der Waals surface area (Å²) in [6.45, 7) is 4.06. The van der Waals surface area contributed by atoms with Gasteiger partial charge in [0.1, 0.15) is 17.3 Å². The molecule has 0 saturated carbocycles. The number of halogens is 1. The van der Waals surface area contributed by atoms with Gasteiger partial charge in [0.2, 0.25) is 5.78 Å². The van der Waals surface area contributed by atoms with Gasteiger partial charge in [0.15, 0.2) is 5.60 Å². The number of hydrogen-bond donors (Lipinski definition) is 1. The van der Waals surface area contributed by atoms with Crippen LogP contribution >= 0.6 is 0 Å². The second-order valence-electron chi connectivity index (χ2n) is 8.72. The zero-order valence-corrected chi connectivity index (χ0v) is 20.7. The summed E-state index contributed by atoms with van der Waals surface area (Å²) in [5, 5.41) is 13.9. The van der Waals surface area contributed by atoms with Gasteiger partial charge in [-0.1, -0.05) is 75.2 Å². The van der Waals surface area contributed by atoms with E-state index < -0.39 is 17.2 Å². The minimum absolute atomic E-state index is 0.313.